The van der Waals surface area contributed by atoms with E-state index in [4.69, 9.17) is 17.0 Å². The van der Waals surface area contributed by atoms with Crippen LogP contribution in [0.15, 0.2) is 36.4 Å². The third-order valence-corrected chi connectivity index (χ3v) is 4.63. The number of nitrogens with one attached hydrogen (secondary N) is 2. The molecule has 1 aromatic carbocycles. The van der Waals surface area contributed by atoms with Gasteiger partial charge in [-0.15, -0.1) is 0 Å². The Labute approximate surface area is 166 Å². The molecule has 1 saturated heterocycles. The van der Waals surface area contributed by atoms with Crippen molar-refractivity contribution < 1.29 is 4.74 Å². The lowest BCUT2D eigenvalue weighted by Crippen LogP contribution is -2.35. The van der Waals surface area contributed by atoms with Crippen LogP contribution in [0.1, 0.15) is 33.6 Å². The van der Waals surface area contributed by atoms with Crippen molar-refractivity contribution in [3.8, 4) is 11.6 Å². The summed E-state index contributed by atoms with van der Waals surface area (Å²) in [5, 5.41) is 6.73. The van der Waals surface area contributed by atoms with Crippen LogP contribution in [0.25, 0.3) is 0 Å². The highest BCUT2D eigenvalue weighted by Crippen LogP contribution is 2.27. The van der Waals surface area contributed by atoms with Gasteiger partial charge in [0, 0.05) is 25.2 Å². The Morgan fingerprint density at radius 3 is 2.56 bits per heavy atom. The summed E-state index contributed by atoms with van der Waals surface area (Å²) in [5.74, 6) is 3.29. The lowest BCUT2D eigenvalue weighted by Gasteiger charge is -2.31. The van der Waals surface area contributed by atoms with Crippen molar-refractivity contribution in [3.05, 3.63) is 36.4 Å². The molecule has 1 aliphatic rings. The number of ether oxygens (including phenoxy) is 1. The minimum atomic E-state index is 0.233. The number of piperidine rings is 1. The highest BCUT2D eigenvalue weighted by atomic mass is 32.1. The molecule has 0 radical (unpaired) electrons. The van der Waals surface area contributed by atoms with Crippen molar-refractivity contribution >= 4 is 29.1 Å². The van der Waals surface area contributed by atoms with E-state index in [-0.39, 0.29) is 6.04 Å². The highest BCUT2D eigenvalue weighted by Gasteiger charge is 2.19. The first-order valence-electron chi connectivity index (χ1n) is 9.44. The van der Waals surface area contributed by atoms with Gasteiger partial charge in [0.05, 0.1) is 0 Å². The van der Waals surface area contributed by atoms with Gasteiger partial charge in [-0.3, -0.25) is 0 Å². The molecule has 7 heteroatoms. The zero-order valence-corrected chi connectivity index (χ0v) is 16.9. The van der Waals surface area contributed by atoms with E-state index in [1.54, 1.807) is 0 Å². The summed E-state index contributed by atoms with van der Waals surface area (Å²) in [6.07, 6.45) is 2.32. The van der Waals surface area contributed by atoms with Gasteiger partial charge >= 0.3 is 0 Å². The van der Waals surface area contributed by atoms with E-state index >= 15 is 0 Å². The molecule has 2 aromatic rings. The van der Waals surface area contributed by atoms with E-state index in [1.807, 2.05) is 50.2 Å². The molecule has 0 bridgehead atoms. The zero-order valence-electron chi connectivity index (χ0n) is 16.1. The van der Waals surface area contributed by atoms with Crippen molar-refractivity contribution in [1.82, 2.24) is 15.3 Å². The molecule has 0 amide bonds. The molecule has 27 heavy (non-hydrogen) atoms. The van der Waals surface area contributed by atoms with Gasteiger partial charge in [0.1, 0.15) is 11.6 Å². The number of benzene rings is 1. The van der Waals surface area contributed by atoms with Crippen LogP contribution in [0, 0.1) is 5.92 Å². The van der Waals surface area contributed by atoms with E-state index in [0.29, 0.717) is 16.9 Å². The van der Waals surface area contributed by atoms with Crippen molar-refractivity contribution in [2.24, 2.45) is 5.92 Å². The number of hydrogen-bond donors (Lipinski definition) is 2. The molecule has 0 spiro atoms. The molecular weight excluding hydrogens is 358 g/mol. The molecule has 6 nitrogen and oxygen atoms in total. The summed E-state index contributed by atoms with van der Waals surface area (Å²) < 4.78 is 5.95. The zero-order chi connectivity index (χ0) is 19.2. The Hall–Kier alpha value is -2.41. The summed E-state index contributed by atoms with van der Waals surface area (Å²) in [5.41, 5.74) is 0. The van der Waals surface area contributed by atoms with Crippen LogP contribution in [0.4, 0.5) is 11.8 Å². The minimum Gasteiger partial charge on any atom is -0.439 e. The fourth-order valence-corrected chi connectivity index (χ4v) is 3.26. The van der Waals surface area contributed by atoms with Gasteiger partial charge in [-0.05, 0) is 57.0 Å². The van der Waals surface area contributed by atoms with Crippen LogP contribution < -0.4 is 20.3 Å². The lowest BCUT2D eigenvalue weighted by molar-refractivity contribution is 0.434. The first kappa shape index (κ1) is 19.4. The van der Waals surface area contributed by atoms with E-state index in [9.17, 15) is 0 Å². The molecule has 0 saturated carbocycles. The number of anilines is 2. The fourth-order valence-electron chi connectivity index (χ4n) is 2.93. The van der Waals surface area contributed by atoms with E-state index in [1.165, 1.54) is 0 Å². The summed E-state index contributed by atoms with van der Waals surface area (Å²) in [7, 11) is 0. The SMILES string of the molecule is CC1CCN(c2cc(Oc3ccccc3)nc(NC(=S)NC(C)C)n2)CC1. The van der Waals surface area contributed by atoms with Crippen molar-refractivity contribution in [2.45, 2.75) is 39.7 Å². The van der Waals surface area contributed by atoms with E-state index < -0.39 is 0 Å². The van der Waals surface area contributed by atoms with Crippen LogP contribution in [0.2, 0.25) is 0 Å². The quantitative estimate of drug-likeness (QED) is 0.748. The maximum atomic E-state index is 5.95. The number of aromatic nitrogens is 2. The molecule has 3 rings (SSSR count). The van der Waals surface area contributed by atoms with Crippen molar-refractivity contribution in [1.29, 1.82) is 0 Å². The first-order chi connectivity index (χ1) is 13.0. The van der Waals surface area contributed by atoms with Gasteiger partial charge in [-0.2, -0.15) is 9.97 Å². The van der Waals surface area contributed by atoms with Crippen LogP contribution in [-0.2, 0) is 0 Å². The van der Waals surface area contributed by atoms with Gasteiger partial charge in [-0.1, -0.05) is 25.1 Å². The summed E-state index contributed by atoms with van der Waals surface area (Å²) in [4.78, 5) is 11.4. The molecule has 1 fully saturated rings. The third-order valence-electron chi connectivity index (χ3n) is 4.41. The number of para-hydroxylation sites is 1. The third kappa shape index (κ3) is 5.79. The minimum absolute atomic E-state index is 0.233. The molecule has 2 heterocycles. The molecule has 1 aromatic heterocycles. The average Bonchev–Trinajstić information content (AvgIpc) is 2.62. The van der Waals surface area contributed by atoms with Crippen LogP contribution in [0.3, 0.4) is 0 Å². The number of hydrogen-bond acceptors (Lipinski definition) is 5. The van der Waals surface area contributed by atoms with Crippen molar-refractivity contribution in [3.63, 3.8) is 0 Å². The number of nitrogens with zero attached hydrogens (tertiary/aromatic N) is 3. The Morgan fingerprint density at radius 2 is 1.89 bits per heavy atom. The lowest BCUT2D eigenvalue weighted by atomic mass is 9.99. The topological polar surface area (TPSA) is 62.3 Å². The smallest absolute Gasteiger partial charge is 0.234 e. The highest BCUT2D eigenvalue weighted by molar-refractivity contribution is 7.80. The second kappa shape index (κ2) is 8.99. The Bertz CT molecular complexity index is 760. The Kier molecular flexibility index (Phi) is 6.45. The number of thiocarbonyl (C=S) groups is 1. The summed E-state index contributed by atoms with van der Waals surface area (Å²) in [6, 6.07) is 11.8. The molecular formula is C20H27N5OS. The van der Waals surface area contributed by atoms with E-state index in [2.05, 4.69) is 32.4 Å². The largest absolute Gasteiger partial charge is 0.439 e. The van der Waals surface area contributed by atoms with Crippen molar-refractivity contribution in [2.75, 3.05) is 23.3 Å². The summed E-state index contributed by atoms with van der Waals surface area (Å²) >= 11 is 5.34. The predicted octanol–water partition coefficient (Wildman–Crippen LogP) is 4.20. The Balaban J connectivity index is 1.83. The second-order valence-electron chi connectivity index (χ2n) is 7.23. The molecule has 0 aliphatic carbocycles. The normalized spacial score (nSPS) is 14.9. The maximum absolute atomic E-state index is 5.95. The predicted molar refractivity (Wildman–Crippen MR) is 114 cm³/mol. The number of rotatable bonds is 5. The molecule has 144 valence electrons. The average molecular weight is 386 g/mol. The molecule has 0 unspecified atom stereocenters. The first-order valence-corrected chi connectivity index (χ1v) is 9.85. The van der Waals surface area contributed by atoms with Crippen LogP contribution >= 0.6 is 12.2 Å². The maximum Gasteiger partial charge on any atom is 0.234 e. The van der Waals surface area contributed by atoms with Gasteiger partial charge < -0.3 is 20.3 Å². The standard InChI is InChI=1S/C20H27N5OS/c1-14(2)21-20(27)24-19-22-17(25-11-9-15(3)10-12-25)13-18(23-19)26-16-7-5-4-6-8-16/h4-8,13-15H,9-12H2,1-3H3,(H2,21,22,23,24,27). The van der Waals surface area contributed by atoms with Crippen LogP contribution in [0.5, 0.6) is 11.6 Å². The van der Waals surface area contributed by atoms with Gasteiger partial charge in [0.25, 0.3) is 0 Å². The fraction of sp³-hybridized carbons (Fsp3) is 0.450. The van der Waals surface area contributed by atoms with Gasteiger partial charge in [-0.25, -0.2) is 0 Å². The molecule has 2 N–H and O–H groups in total. The monoisotopic (exact) mass is 385 g/mol. The molecule has 1 aliphatic heterocycles. The Morgan fingerprint density at radius 1 is 1.19 bits per heavy atom. The van der Waals surface area contributed by atoms with E-state index in [0.717, 1.165) is 43.4 Å². The summed E-state index contributed by atoms with van der Waals surface area (Å²) in [6.45, 7) is 8.33. The van der Waals surface area contributed by atoms with Gasteiger partial charge in [0.2, 0.25) is 11.8 Å². The van der Waals surface area contributed by atoms with Gasteiger partial charge in [0.15, 0.2) is 5.11 Å². The molecule has 0 atom stereocenters. The second-order valence-corrected chi connectivity index (χ2v) is 7.63. The van der Waals surface area contributed by atoms with Crippen LogP contribution in [-0.4, -0.2) is 34.2 Å².